The fourth-order valence-electron chi connectivity index (χ4n) is 1.83. The van der Waals surface area contributed by atoms with E-state index in [0.717, 1.165) is 0 Å². The second-order valence-corrected chi connectivity index (χ2v) is 5.68. The van der Waals surface area contributed by atoms with Gasteiger partial charge in [0.05, 0.1) is 11.2 Å². The van der Waals surface area contributed by atoms with Crippen LogP contribution in [0.1, 0.15) is 33.3 Å². The summed E-state index contributed by atoms with van der Waals surface area (Å²) in [5.41, 5.74) is -0.188. The summed E-state index contributed by atoms with van der Waals surface area (Å²) in [6.07, 6.45) is 7.11. The molecule has 2 rings (SSSR count). The molecule has 2 heterocycles. The first-order chi connectivity index (χ1) is 8.77. The molecule has 19 heavy (non-hydrogen) atoms. The largest absolute Gasteiger partial charge is 0.517 e. The quantitative estimate of drug-likeness (QED) is 0.599. The first-order valence-electron chi connectivity index (χ1n) is 6.20. The Balaban J connectivity index is 2.28. The van der Waals surface area contributed by atoms with Gasteiger partial charge in [-0.2, -0.15) is 0 Å². The maximum Gasteiger partial charge on any atom is 0.517 e. The molecule has 3 nitrogen and oxygen atoms in total. The molecule has 5 heteroatoms. The van der Waals surface area contributed by atoms with E-state index in [1.807, 2.05) is 27.7 Å². The fourth-order valence-corrected chi connectivity index (χ4v) is 1.83. The highest BCUT2D eigenvalue weighted by atomic mass is 19.1. The molecule has 1 aliphatic rings. The summed E-state index contributed by atoms with van der Waals surface area (Å²) < 4.78 is 25.6. The number of halogens is 1. The topological polar surface area (TPSA) is 31.4 Å². The number of pyridine rings is 1. The van der Waals surface area contributed by atoms with Crippen LogP contribution in [0.25, 0.3) is 0 Å². The highest BCUT2D eigenvalue weighted by Crippen LogP contribution is 2.36. The number of rotatable bonds is 2. The molecular weight excluding hydrogens is 244 g/mol. The Labute approximate surface area is 113 Å². The summed E-state index contributed by atoms with van der Waals surface area (Å²) in [6, 6.07) is 1.38. The molecule has 0 amide bonds. The van der Waals surface area contributed by atoms with Crippen LogP contribution < -0.4 is 5.59 Å². The van der Waals surface area contributed by atoms with Crippen molar-refractivity contribution in [3.05, 3.63) is 23.6 Å². The lowest BCUT2D eigenvalue weighted by Crippen LogP contribution is -2.41. The van der Waals surface area contributed by atoms with Crippen molar-refractivity contribution in [2.45, 2.75) is 45.3 Å². The summed E-state index contributed by atoms with van der Waals surface area (Å²) in [5, 5.41) is 0. The molecule has 1 fully saturated rings. The molecule has 1 saturated heterocycles. The van der Waals surface area contributed by atoms with Crippen molar-refractivity contribution in [3.63, 3.8) is 0 Å². The number of terminal acetylenes is 1. The second-order valence-electron chi connectivity index (χ2n) is 5.68. The molecule has 1 aliphatic heterocycles. The zero-order valence-electron chi connectivity index (χ0n) is 11.7. The molecule has 0 radical (unpaired) electrons. The zero-order valence-corrected chi connectivity index (χ0v) is 11.7. The van der Waals surface area contributed by atoms with Crippen LogP contribution in [-0.2, 0) is 15.7 Å². The van der Waals surface area contributed by atoms with Crippen molar-refractivity contribution >= 4 is 12.7 Å². The van der Waals surface area contributed by atoms with Gasteiger partial charge in [-0.15, -0.1) is 12.3 Å². The van der Waals surface area contributed by atoms with Crippen molar-refractivity contribution in [1.29, 1.82) is 0 Å². The highest BCUT2D eigenvalue weighted by Gasteiger charge is 2.53. The van der Waals surface area contributed by atoms with Gasteiger partial charge in [-0.05, 0) is 39.3 Å². The summed E-state index contributed by atoms with van der Waals surface area (Å²) in [4.78, 5) is 4.09. The van der Waals surface area contributed by atoms with Gasteiger partial charge in [-0.1, -0.05) is 0 Å². The molecule has 0 spiro atoms. The Morgan fingerprint density at radius 2 is 1.89 bits per heavy atom. The van der Waals surface area contributed by atoms with E-state index in [-0.39, 0.29) is 5.59 Å². The number of aromatic nitrogens is 1. The summed E-state index contributed by atoms with van der Waals surface area (Å²) >= 11 is 0. The van der Waals surface area contributed by atoms with Crippen LogP contribution in [-0.4, -0.2) is 23.3 Å². The third kappa shape index (κ3) is 2.51. The summed E-state index contributed by atoms with van der Waals surface area (Å²) in [5.74, 6) is 2.00. The van der Waals surface area contributed by atoms with Crippen LogP contribution in [0.5, 0.6) is 0 Å². The van der Waals surface area contributed by atoms with E-state index in [2.05, 4.69) is 10.9 Å². The van der Waals surface area contributed by atoms with Crippen LogP contribution in [0.4, 0.5) is 4.39 Å². The lowest BCUT2D eigenvalue weighted by atomic mass is 9.83. The van der Waals surface area contributed by atoms with Crippen molar-refractivity contribution in [3.8, 4) is 12.3 Å². The fraction of sp³-hybridized carbons (Fsp3) is 0.500. The highest BCUT2D eigenvalue weighted by molar-refractivity contribution is 6.61. The molecule has 0 saturated carbocycles. The van der Waals surface area contributed by atoms with Gasteiger partial charge in [-0.25, -0.2) is 4.39 Å². The van der Waals surface area contributed by atoms with Gasteiger partial charge < -0.3 is 9.31 Å². The monoisotopic (exact) mass is 261 g/mol. The van der Waals surface area contributed by atoms with E-state index in [0.29, 0.717) is 12.0 Å². The lowest BCUT2D eigenvalue weighted by Gasteiger charge is -2.32. The number of hydrogen-bond acceptors (Lipinski definition) is 3. The first-order valence-corrected chi connectivity index (χ1v) is 6.20. The van der Waals surface area contributed by atoms with Crippen molar-refractivity contribution in [2.24, 2.45) is 0 Å². The van der Waals surface area contributed by atoms with Gasteiger partial charge in [-0.3, -0.25) is 4.98 Å². The van der Waals surface area contributed by atoms with Gasteiger partial charge in [0.2, 0.25) is 0 Å². The molecule has 0 aliphatic carbocycles. The SMILES string of the molecule is C#CCc1cnc(B2OC(C)(C)C(C)(C)O2)c(F)c1. The molecule has 1 aromatic heterocycles. The minimum atomic E-state index is -0.787. The average molecular weight is 261 g/mol. The van der Waals surface area contributed by atoms with Crippen molar-refractivity contribution in [2.75, 3.05) is 0 Å². The standard InChI is InChI=1S/C14H17BFNO2/c1-6-7-10-8-11(16)12(17-9-10)15-18-13(2,3)14(4,5)19-15/h1,8-9H,7H2,2-5H3. The van der Waals surface area contributed by atoms with Gasteiger partial charge in [0, 0.05) is 12.6 Å². The average Bonchev–Trinajstić information content (AvgIpc) is 2.48. The van der Waals surface area contributed by atoms with Crippen LogP contribution >= 0.6 is 0 Å². The minimum Gasteiger partial charge on any atom is -0.398 e. The molecule has 100 valence electrons. The zero-order chi connectivity index (χ0) is 14.3. The predicted octanol–water partition coefficient (Wildman–Crippen LogP) is 1.70. The Hall–Kier alpha value is -1.38. The van der Waals surface area contributed by atoms with Crippen LogP contribution in [0.15, 0.2) is 12.3 Å². The van der Waals surface area contributed by atoms with Crippen LogP contribution in [0.2, 0.25) is 0 Å². The van der Waals surface area contributed by atoms with Crippen molar-refractivity contribution in [1.82, 2.24) is 4.98 Å². The van der Waals surface area contributed by atoms with Crippen molar-refractivity contribution < 1.29 is 13.7 Å². The van der Waals surface area contributed by atoms with Gasteiger partial charge in [0.25, 0.3) is 0 Å². The Kier molecular flexibility index (Phi) is 3.42. The van der Waals surface area contributed by atoms with Crippen LogP contribution in [0.3, 0.4) is 0 Å². The Bertz CT molecular complexity index is 521. The Morgan fingerprint density at radius 1 is 1.32 bits per heavy atom. The van der Waals surface area contributed by atoms with E-state index in [1.165, 1.54) is 6.07 Å². The molecule has 1 aromatic rings. The van der Waals surface area contributed by atoms with Gasteiger partial charge in [0.1, 0.15) is 11.4 Å². The molecular formula is C14H17BFNO2. The molecule has 0 atom stereocenters. The first kappa shape index (κ1) is 14.0. The molecule has 0 N–H and O–H groups in total. The smallest absolute Gasteiger partial charge is 0.398 e. The van der Waals surface area contributed by atoms with Gasteiger partial charge in [0.15, 0.2) is 0 Å². The van der Waals surface area contributed by atoms with E-state index in [4.69, 9.17) is 15.7 Å². The Morgan fingerprint density at radius 3 is 2.37 bits per heavy atom. The number of hydrogen-bond donors (Lipinski definition) is 0. The third-order valence-electron chi connectivity index (χ3n) is 3.71. The summed E-state index contributed by atoms with van der Waals surface area (Å²) in [6.45, 7) is 7.66. The van der Waals surface area contributed by atoms with Gasteiger partial charge >= 0.3 is 7.12 Å². The van der Waals surface area contributed by atoms with Crippen LogP contribution in [0, 0.1) is 18.2 Å². The second kappa shape index (κ2) is 4.62. The van der Waals surface area contributed by atoms with E-state index >= 15 is 0 Å². The summed E-state index contributed by atoms with van der Waals surface area (Å²) in [7, 11) is -0.787. The molecule has 0 bridgehead atoms. The predicted molar refractivity (Wildman–Crippen MR) is 72.4 cm³/mol. The van der Waals surface area contributed by atoms with E-state index in [1.54, 1.807) is 6.20 Å². The maximum atomic E-state index is 14.0. The molecule has 0 unspecified atom stereocenters. The molecule has 0 aromatic carbocycles. The minimum absolute atomic E-state index is 0.166. The lowest BCUT2D eigenvalue weighted by molar-refractivity contribution is 0.00578. The van der Waals surface area contributed by atoms with E-state index in [9.17, 15) is 4.39 Å². The number of nitrogens with zero attached hydrogens (tertiary/aromatic N) is 1. The third-order valence-corrected chi connectivity index (χ3v) is 3.71. The van der Waals surface area contributed by atoms with E-state index < -0.39 is 24.1 Å². The normalized spacial score (nSPS) is 20.3. The maximum absolute atomic E-state index is 14.0.